The third-order valence-corrected chi connectivity index (χ3v) is 3.94. The van der Waals surface area contributed by atoms with E-state index in [0.29, 0.717) is 5.92 Å². The van der Waals surface area contributed by atoms with Crippen LogP contribution in [0.2, 0.25) is 0 Å². The molecule has 1 fully saturated rings. The van der Waals surface area contributed by atoms with Crippen molar-refractivity contribution in [2.45, 2.75) is 51.5 Å². The minimum absolute atomic E-state index is 0.215. The van der Waals surface area contributed by atoms with Gasteiger partial charge in [0.15, 0.2) is 5.78 Å². The van der Waals surface area contributed by atoms with Gasteiger partial charge in [0.25, 0.3) is 0 Å². The molecule has 1 aliphatic rings. The van der Waals surface area contributed by atoms with Crippen molar-refractivity contribution in [3.63, 3.8) is 0 Å². The van der Waals surface area contributed by atoms with Crippen molar-refractivity contribution in [1.29, 1.82) is 0 Å². The van der Waals surface area contributed by atoms with E-state index in [1.165, 1.54) is 24.8 Å². The summed E-state index contributed by atoms with van der Waals surface area (Å²) >= 11 is 0. The lowest BCUT2D eigenvalue weighted by atomic mass is 9.76. The number of ketones is 1. The van der Waals surface area contributed by atoms with E-state index in [1.54, 1.807) is 0 Å². The highest BCUT2D eigenvalue weighted by atomic mass is 16.1. The van der Waals surface area contributed by atoms with Gasteiger partial charge in [0.05, 0.1) is 5.54 Å². The Morgan fingerprint density at radius 2 is 2.00 bits per heavy atom. The van der Waals surface area contributed by atoms with Gasteiger partial charge in [-0.1, -0.05) is 37.6 Å². The number of hydrogen-bond acceptors (Lipinski definition) is 2. The van der Waals surface area contributed by atoms with Crippen LogP contribution in [0.4, 0.5) is 0 Å². The van der Waals surface area contributed by atoms with Crippen LogP contribution in [0.3, 0.4) is 0 Å². The Balaban J connectivity index is 2.29. The minimum Gasteiger partial charge on any atom is -0.305 e. The van der Waals surface area contributed by atoms with Crippen molar-refractivity contribution in [3.05, 3.63) is 35.4 Å². The van der Waals surface area contributed by atoms with Crippen molar-refractivity contribution < 1.29 is 4.79 Å². The van der Waals surface area contributed by atoms with Crippen molar-refractivity contribution in [1.82, 2.24) is 5.32 Å². The van der Waals surface area contributed by atoms with Crippen LogP contribution >= 0.6 is 0 Å². The molecule has 1 N–H and O–H groups in total. The van der Waals surface area contributed by atoms with Gasteiger partial charge in [0.2, 0.25) is 0 Å². The summed E-state index contributed by atoms with van der Waals surface area (Å²) in [5.74, 6) is 0.814. The Morgan fingerprint density at radius 1 is 1.33 bits per heavy atom. The van der Waals surface area contributed by atoms with Crippen LogP contribution in [-0.2, 0) is 0 Å². The Bertz CT molecular complexity index is 432. The molecule has 1 aromatic carbocycles. The largest absolute Gasteiger partial charge is 0.305 e. The highest BCUT2D eigenvalue weighted by Crippen LogP contribution is 2.38. The number of benzene rings is 1. The van der Waals surface area contributed by atoms with Gasteiger partial charge >= 0.3 is 0 Å². The SMILES string of the molecule is CCNC(C)(C)C(=O)c1ccccc1C1CCC1. The molecule has 18 heavy (non-hydrogen) atoms. The molecule has 2 heteroatoms. The maximum atomic E-state index is 12.7. The van der Waals surface area contributed by atoms with E-state index in [1.807, 2.05) is 39.0 Å². The van der Waals surface area contributed by atoms with Crippen molar-refractivity contribution in [2.75, 3.05) is 6.54 Å². The molecule has 2 rings (SSSR count). The Labute approximate surface area is 110 Å². The van der Waals surface area contributed by atoms with Crippen LogP contribution in [0.15, 0.2) is 24.3 Å². The van der Waals surface area contributed by atoms with Crippen LogP contribution in [0.1, 0.15) is 61.9 Å². The van der Waals surface area contributed by atoms with Crippen LogP contribution in [0.5, 0.6) is 0 Å². The second-order valence-electron chi connectivity index (χ2n) is 5.70. The van der Waals surface area contributed by atoms with Crippen molar-refractivity contribution >= 4 is 5.78 Å². The standard InChI is InChI=1S/C16H23NO/c1-4-17-16(2,3)15(18)14-11-6-5-10-13(14)12-8-7-9-12/h5-6,10-12,17H,4,7-9H2,1-3H3. The molecule has 98 valence electrons. The summed E-state index contributed by atoms with van der Waals surface area (Å²) in [5, 5.41) is 3.27. The molecule has 0 atom stereocenters. The van der Waals surface area contributed by atoms with Gasteiger partial charge in [0, 0.05) is 5.56 Å². The van der Waals surface area contributed by atoms with Crippen LogP contribution in [-0.4, -0.2) is 17.9 Å². The lowest BCUT2D eigenvalue weighted by molar-refractivity contribution is 0.0882. The van der Waals surface area contributed by atoms with Crippen LogP contribution in [0, 0.1) is 0 Å². The monoisotopic (exact) mass is 245 g/mol. The topological polar surface area (TPSA) is 29.1 Å². The zero-order valence-corrected chi connectivity index (χ0v) is 11.6. The fourth-order valence-electron chi connectivity index (χ4n) is 2.64. The predicted octanol–water partition coefficient (Wildman–Crippen LogP) is 3.52. The molecule has 1 aromatic rings. The van der Waals surface area contributed by atoms with Crippen LogP contribution < -0.4 is 5.32 Å². The quantitative estimate of drug-likeness (QED) is 0.804. The first-order valence-corrected chi connectivity index (χ1v) is 6.95. The summed E-state index contributed by atoms with van der Waals surface area (Å²) in [6.45, 7) is 6.78. The normalized spacial score (nSPS) is 16.4. The first-order chi connectivity index (χ1) is 8.56. The average Bonchev–Trinajstić information content (AvgIpc) is 2.26. The highest BCUT2D eigenvalue weighted by Gasteiger charge is 2.31. The average molecular weight is 245 g/mol. The molecule has 0 heterocycles. The van der Waals surface area contributed by atoms with E-state index < -0.39 is 5.54 Å². The summed E-state index contributed by atoms with van der Waals surface area (Å²) in [6, 6.07) is 8.12. The molecule has 0 bridgehead atoms. The second kappa shape index (κ2) is 5.23. The first kappa shape index (κ1) is 13.3. The molecule has 0 amide bonds. The van der Waals surface area contributed by atoms with E-state index in [9.17, 15) is 4.79 Å². The van der Waals surface area contributed by atoms with Gasteiger partial charge < -0.3 is 5.32 Å². The third-order valence-electron chi connectivity index (χ3n) is 3.94. The molecule has 0 saturated heterocycles. The predicted molar refractivity (Wildman–Crippen MR) is 75.1 cm³/mol. The third kappa shape index (κ3) is 2.49. The number of carbonyl (C=O) groups excluding carboxylic acids is 1. The Hall–Kier alpha value is -1.15. The van der Waals surface area contributed by atoms with E-state index >= 15 is 0 Å². The fraction of sp³-hybridized carbons (Fsp3) is 0.562. The van der Waals surface area contributed by atoms with Gasteiger partial charge in [-0.15, -0.1) is 0 Å². The molecule has 1 saturated carbocycles. The molecular formula is C16H23NO. The molecule has 0 spiro atoms. The van der Waals surface area contributed by atoms with Gasteiger partial charge in [-0.2, -0.15) is 0 Å². The minimum atomic E-state index is -0.478. The fourth-order valence-corrected chi connectivity index (χ4v) is 2.64. The Kier molecular flexibility index (Phi) is 3.86. The lowest BCUT2D eigenvalue weighted by Gasteiger charge is -2.30. The molecule has 0 aromatic heterocycles. The molecule has 2 nitrogen and oxygen atoms in total. The number of rotatable bonds is 5. The summed E-state index contributed by atoms with van der Waals surface area (Å²) in [6.07, 6.45) is 3.75. The number of nitrogens with one attached hydrogen (secondary N) is 1. The number of likely N-dealkylation sites (N-methyl/N-ethyl adjacent to an activating group) is 1. The highest BCUT2D eigenvalue weighted by molar-refractivity contribution is 6.04. The van der Waals surface area contributed by atoms with E-state index in [0.717, 1.165) is 12.1 Å². The maximum Gasteiger partial charge on any atom is 0.182 e. The molecule has 1 aliphatic carbocycles. The summed E-state index contributed by atoms with van der Waals surface area (Å²) < 4.78 is 0. The Morgan fingerprint density at radius 3 is 2.56 bits per heavy atom. The number of hydrogen-bond donors (Lipinski definition) is 1. The number of Topliss-reactive ketones (excluding diaryl/α,β-unsaturated/α-hetero) is 1. The summed E-state index contributed by atoms with van der Waals surface area (Å²) in [4.78, 5) is 12.7. The first-order valence-electron chi connectivity index (χ1n) is 6.95. The van der Waals surface area contributed by atoms with Gasteiger partial charge in [-0.05, 0) is 44.7 Å². The maximum absolute atomic E-state index is 12.7. The molecule has 0 aliphatic heterocycles. The summed E-state index contributed by atoms with van der Waals surface area (Å²) in [5.41, 5.74) is 1.68. The van der Waals surface area contributed by atoms with E-state index in [2.05, 4.69) is 11.4 Å². The smallest absolute Gasteiger partial charge is 0.182 e. The van der Waals surface area contributed by atoms with Crippen molar-refractivity contribution in [3.8, 4) is 0 Å². The van der Waals surface area contributed by atoms with E-state index in [-0.39, 0.29) is 5.78 Å². The van der Waals surface area contributed by atoms with Crippen molar-refractivity contribution in [2.24, 2.45) is 0 Å². The molecule has 0 radical (unpaired) electrons. The molecular weight excluding hydrogens is 222 g/mol. The number of carbonyl (C=O) groups is 1. The summed E-state index contributed by atoms with van der Waals surface area (Å²) in [7, 11) is 0. The molecule has 0 unspecified atom stereocenters. The lowest BCUT2D eigenvalue weighted by Crippen LogP contribution is -2.47. The van der Waals surface area contributed by atoms with Crippen LogP contribution in [0.25, 0.3) is 0 Å². The van der Waals surface area contributed by atoms with Gasteiger partial charge in [0.1, 0.15) is 0 Å². The van der Waals surface area contributed by atoms with Gasteiger partial charge in [-0.25, -0.2) is 0 Å². The zero-order valence-electron chi connectivity index (χ0n) is 11.6. The van der Waals surface area contributed by atoms with Gasteiger partial charge in [-0.3, -0.25) is 4.79 Å². The van der Waals surface area contributed by atoms with E-state index in [4.69, 9.17) is 0 Å². The second-order valence-corrected chi connectivity index (χ2v) is 5.70. The zero-order chi connectivity index (χ0) is 13.2.